The molecule has 1 amide bonds. The molecule has 1 aliphatic rings. The van der Waals surface area contributed by atoms with Crippen molar-refractivity contribution in [2.75, 3.05) is 6.54 Å². The van der Waals surface area contributed by atoms with Gasteiger partial charge in [0.1, 0.15) is 0 Å². The summed E-state index contributed by atoms with van der Waals surface area (Å²) in [6.07, 6.45) is 4.89. The Hall–Kier alpha value is 0.610. The van der Waals surface area contributed by atoms with Gasteiger partial charge in [-0.05, 0) is 63.1 Å². The molecule has 100 valence electrons. The van der Waals surface area contributed by atoms with E-state index in [-0.39, 0.29) is 5.91 Å². The van der Waals surface area contributed by atoms with E-state index in [1.165, 1.54) is 30.6 Å². The molecule has 2 nitrogen and oxygen atoms in total. The first kappa shape index (κ1) is 15.0. The number of alkyl halides is 1. The smallest absolute Gasteiger partial charge is 0.253 e. The van der Waals surface area contributed by atoms with Crippen LogP contribution in [0.5, 0.6) is 0 Å². The van der Waals surface area contributed by atoms with Crippen molar-refractivity contribution < 1.29 is 4.79 Å². The zero-order valence-corrected chi connectivity index (χ0v) is 15.3. The molecule has 0 aliphatic heterocycles. The van der Waals surface area contributed by atoms with E-state index < -0.39 is 0 Å². The van der Waals surface area contributed by atoms with E-state index in [0.29, 0.717) is 10.7 Å². The minimum atomic E-state index is 0.0144. The van der Waals surface area contributed by atoms with Gasteiger partial charge in [0.25, 0.3) is 5.91 Å². The SMILES string of the molecule is O=C(NCC1CCCC(Br)C1)c1cc(Br)sc1Br. The zero-order chi connectivity index (χ0) is 13.1. The topological polar surface area (TPSA) is 29.1 Å². The minimum Gasteiger partial charge on any atom is -0.352 e. The highest BCUT2D eigenvalue weighted by molar-refractivity contribution is 9.12. The average molecular weight is 460 g/mol. The van der Waals surface area contributed by atoms with Crippen molar-refractivity contribution in [1.29, 1.82) is 0 Å². The van der Waals surface area contributed by atoms with E-state index in [1.54, 1.807) is 0 Å². The largest absolute Gasteiger partial charge is 0.352 e. The molecule has 0 spiro atoms. The second-order valence-corrected chi connectivity index (χ2v) is 9.62. The van der Waals surface area contributed by atoms with Crippen LogP contribution in [-0.4, -0.2) is 17.3 Å². The third kappa shape index (κ3) is 4.05. The molecular weight excluding hydrogens is 446 g/mol. The molecule has 2 rings (SSSR count). The molecule has 0 saturated heterocycles. The van der Waals surface area contributed by atoms with Crippen molar-refractivity contribution in [1.82, 2.24) is 5.32 Å². The van der Waals surface area contributed by atoms with Crippen LogP contribution >= 0.6 is 59.1 Å². The Labute approximate surface area is 136 Å². The summed E-state index contributed by atoms with van der Waals surface area (Å²) in [6, 6.07) is 1.86. The molecule has 6 heteroatoms. The van der Waals surface area contributed by atoms with Crippen molar-refractivity contribution in [3.8, 4) is 0 Å². The van der Waals surface area contributed by atoms with Gasteiger partial charge in [0.05, 0.1) is 13.1 Å². The highest BCUT2D eigenvalue weighted by atomic mass is 79.9. The lowest BCUT2D eigenvalue weighted by molar-refractivity contribution is 0.0943. The normalized spacial score (nSPS) is 23.9. The summed E-state index contributed by atoms with van der Waals surface area (Å²) in [5.41, 5.74) is 0.720. The van der Waals surface area contributed by atoms with Crippen molar-refractivity contribution >= 4 is 65.0 Å². The first-order chi connectivity index (χ1) is 8.56. The highest BCUT2D eigenvalue weighted by Gasteiger charge is 2.21. The Morgan fingerprint density at radius 2 is 2.22 bits per heavy atom. The van der Waals surface area contributed by atoms with Gasteiger partial charge in [0.2, 0.25) is 0 Å². The lowest BCUT2D eigenvalue weighted by Crippen LogP contribution is -2.31. The fourth-order valence-corrected chi connectivity index (χ4v) is 5.88. The van der Waals surface area contributed by atoms with Gasteiger partial charge in [-0.25, -0.2) is 0 Å². The lowest BCUT2D eigenvalue weighted by atomic mass is 9.89. The lowest BCUT2D eigenvalue weighted by Gasteiger charge is -2.25. The number of amides is 1. The second kappa shape index (κ2) is 6.86. The summed E-state index contributed by atoms with van der Waals surface area (Å²) in [7, 11) is 0. The fraction of sp³-hybridized carbons (Fsp3) is 0.583. The summed E-state index contributed by atoms with van der Waals surface area (Å²) in [4.78, 5) is 12.7. The van der Waals surface area contributed by atoms with Crippen LogP contribution in [0, 0.1) is 5.92 Å². The first-order valence-corrected chi connectivity index (χ1v) is 9.25. The van der Waals surface area contributed by atoms with Crippen LogP contribution in [-0.2, 0) is 0 Å². The van der Waals surface area contributed by atoms with Crippen LogP contribution in [0.4, 0.5) is 0 Å². The van der Waals surface area contributed by atoms with E-state index in [4.69, 9.17) is 0 Å². The molecule has 1 saturated carbocycles. The average Bonchev–Trinajstić information content (AvgIpc) is 2.66. The van der Waals surface area contributed by atoms with Crippen LogP contribution < -0.4 is 5.32 Å². The van der Waals surface area contributed by atoms with Crippen molar-refractivity contribution in [2.24, 2.45) is 5.92 Å². The monoisotopic (exact) mass is 457 g/mol. The number of carbonyl (C=O) groups is 1. The van der Waals surface area contributed by atoms with Crippen LogP contribution in [0.3, 0.4) is 0 Å². The zero-order valence-electron chi connectivity index (χ0n) is 9.72. The number of hydrogen-bond acceptors (Lipinski definition) is 2. The van der Waals surface area contributed by atoms with Gasteiger partial charge in [-0.3, -0.25) is 4.79 Å². The Morgan fingerprint density at radius 1 is 1.44 bits per heavy atom. The highest BCUT2D eigenvalue weighted by Crippen LogP contribution is 2.32. The van der Waals surface area contributed by atoms with Crippen molar-refractivity contribution in [3.63, 3.8) is 0 Å². The van der Waals surface area contributed by atoms with Crippen LogP contribution in [0.25, 0.3) is 0 Å². The van der Waals surface area contributed by atoms with Crippen LogP contribution in [0.1, 0.15) is 36.0 Å². The summed E-state index contributed by atoms with van der Waals surface area (Å²) in [5.74, 6) is 0.619. The van der Waals surface area contributed by atoms with Crippen LogP contribution in [0.2, 0.25) is 0 Å². The number of rotatable bonds is 3. The van der Waals surface area contributed by atoms with E-state index in [1.807, 2.05) is 6.07 Å². The molecule has 0 radical (unpaired) electrons. The van der Waals surface area contributed by atoms with Gasteiger partial charge in [-0.1, -0.05) is 22.4 Å². The predicted molar refractivity (Wildman–Crippen MR) is 86.7 cm³/mol. The van der Waals surface area contributed by atoms with Gasteiger partial charge in [-0.15, -0.1) is 11.3 Å². The van der Waals surface area contributed by atoms with Gasteiger partial charge in [-0.2, -0.15) is 0 Å². The summed E-state index contributed by atoms with van der Waals surface area (Å²) in [5, 5.41) is 3.04. The quantitative estimate of drug-likeness (QED) is 0.636. The molecule has 1 N–H and O–H groups in total. The summed E-state index contributed by atoms with van der Waals surface area (Å²) in [6.45, 7) is 0.779. The van der Waals surface area contributed by atoms with Gasteiger partial charge in [0.15, 0.2) is 0 Å². The maximum atomic E-state index is 12.0. The molecule has 1 aromatic heterocycles. The van der Waals surface area contributed by atoms with Crippen LogP contribution in [0.15, 0.2) is 13.6 Å². The third-order valence-electron chi connectivity index (χ3n) is 3.17. The van der Waals surface area contributed by atoms with Crippen molar-refractivity contribution in [2.45, 2.75) is 30.5 Å². The number of halogens is 3. The predicted octanol–water partition coefficient (Wildman–Crippen LogP) is 4.96. The van der Waals surface area contributed by atoms with Gasteiger partial charge in [0, 0.05) is 11.4 Å². The Bertz CT molecular complexity index is 435. The molecule has 1 fully saturated rings. The maximum absolute atomic E-state index is 12.0. The van der Waals surface area contributed by atoms with E-state index in [9.17, 15) is 4.79 Å². The molecule has 1 heterocycles. The van der Waals surface area contributed by atoms with E-state index in [0.717, 1.165) is 26.1 Å². The molecular formula is C12H14Br3NOS. The van der Waals surface area contributed by atoms with Gasteiger partial charge >= 0.3 is 0 Å². The van der Waals surface area contributed by atoms with E-state index in [2.05, 4.69) is 53.1 Å². The van der Waals surface area contributed by atoms with E-state index >= 15 is 0 Å². The standard InChI is InChI=1S/C12H14Br3NOS/c13-8-3-1-2-7(4-8)6-16-12(17)9-5-10(14)18-11(9)15/h5,7-8H,1-4,6H2,(H,16,17). The number of nitrogens with one attached hydrogen (secondary N) is 1. The number of hydrogen-bond donors (Lipinski definition) is 1. The number of thiophene rings is 1. The summed E-state index contributed by atoms with van der Waals surface area (Å²) >= 11 is 12.0. The molecule has 0 aromatic carbocycles. The Kier molecular flexibility index (Phi) is 5.72. The van der Waals surface area contributed by atoms with Crippen molar-refractivity contribution in [3.05, 3.63) is 19.2 Å². The Balaban J connectivity index is 1.86. The Morgan fingerprint density at radius 3 is 2.83 bits per heavy atom. The molecule has 18 heavy (non-hydrogen) atoms. The maximum Gasteiger partial charge on any atom is 0.253 e. The third-order valence-corrected chi connectivity index (χ3v) is 6.34. The fourth-order valence-electron chi connectivity index (χ4n) is 2.24. The second-order valence-electron chi connectivity index (χ2n) is 4.58. The molecule has 0 bridgehead atoms. The summed E-state index contributed by atoms with van der Waals surface area (Å²) < 4.78 is 1.85. The molecule has 1 aliphatic carbocycles. The number of carbonyl (C=O) groups excluding carboxylic acids is 1. The van der Waals surface area contributed by atoms with Gasteiger partial charge < -0.3 is 5.32 Å². The molecule has 1 aromatic rings. The minimum absolute atomic E-state index is 0.0144. The molecule has 2 unspecified atom stereocenters. The first-order valence-electron chi connectivity index (χ1n) is 5.93. The molecule has 2 atom stereocenters.